The molecule has 28 heavy (non-hydrogen) atoms. The maximum atomic E-state index is 12.9. The van der Waals surface area contributed by atoms with Gasteiger partial charge in [-0.05, 0) is 30.5 Å². The number of likely N-dealkylation sites (tertiary alicyclic amines) is 1. The fraction of sp³-hybridized carbons (Fsp3) is 0.273. The monoisotopic (exact) mass is 441 g/mol. The summed E-state index contributed by atoms with van der Waals surface area (Å²) in [4.78, 5) is 27.3. The highest BCUT2D eigenvalue weighted by atomic mass is 79.9. The molecule has 0 unspecified atom stereocenters. The van der Waals surface area contributed by atoms with Gasteiger partial charge in [-0.1, -0.05) is 58.4 Å². The topological polar surface area (TPSA) is 66.8 Å². The van der Waals surface area contributed by atoms with E-state index in [9.17, 15) is 14.7 Å². The number of ketones is 1. The number of halogens is 1. The number of nitrogens with zero attached hydrogens (tertiary/aromatic N) is 1. The molecule has 2 aliphatic heterocycles. The normalized spacial score (nSPS) is 24.1. The van der Waals surface area contributed by atoms with Gasteiger partial charge in [0, 0.05) is 23.2 Å². The second-order valence-corrected chi connectivity index (χ2v) is 7.92. The third-order valence-electron chi connectivity index (χ3n) is 5.20. The lowest BCUT2D eigenvalue weighted by Crippen LogP contribution is -2.36. The van der Waals surface area contributed by atoms with Gasteiger partial charge in [-0.2, -0.15) is 0 Å². The van der Waals surface area contributed by atoms with Crippen LogP contribution in [-0.4, -0.2) is 41.0 Å². The molecule has 2 atom stereocenters. The van der Waals surface area contributed by atoms with Crippen molar-refractivity contribution in [1.82, 2.24) is 4.90 Å². The van der Waals surface area contributed by atoms with Crippen molar-refractivity contribution in [2.75, 3.05) is 13.2 Å². The minimum atomic E-state index is -0.660. The Hall–Kier alpha value is -2.44. The largest absolute Gasteiger partial charge is 0.507 e. The lowest BCUT2D eigenvalue weighted by atomic mass is 9.95. The van der Waals surface area contributed by atoms with Crippen molar-refractivity contribution in [1.29, 1.82) is 0 Å². The molecule has 0 aromatic heterocycles. The molecule has 5 nitrogen and oxygen atoms in total. The maximum absolute atomic E-state index is 12.9. The molecule has 6 heteroatoms. The van der Waals surface area contributed by atoms with Crippen LogP contribution in [0.5, 0.6) is 0 Å². The first-order chi connectivity index (χ1) is 13.6. The van der Waals surface area contributed by atoms with Crippen LogP contribution in [0, 0.1) is 0 Å². The average Bonchev–Trinajstić information content (AvgIpc) is 3.31. The Morgan fingerprint density at radius 2 is 1.82 bits per heavy atom. The van der Waals surface area contributed by atoms with Gasteiger partial charge in [0.15, 0.2) is 0 Å². The Bertz CT molecular complexity index is 917. The molecule has 2 aromatic carbocycles. The number of aliphatic hydroxyl groups is 1. The van der Waals surface area contributed by atoms with Crippen LogP contribution >= 0.6 is 15.9 Å². The minimum Gasteiger partial charge on any atom is -0.507 e. The number of rotatable bonds is 4. The van der Waals surface area contributed by atoms with Crippen molar-refractivity contribution >= 4 is 33.4 Å². The van der Waals surface area contributed by atoms with Crippen LogP contribution < -0.4 is 0 Å². The van der Waals surface area contributed by atoms with E-state index in [4.69, 9.17) is 4.74 Å². The lowest BCUT2D eigenvalue weighted by molar-refractivity contribution is -0.140. The summed E-state index contributed by atoms with van der Waals surface area (Å²) in [5, 5.41) is 10.9. The van der Waals surface area contributed by atoms with Gasteiger partial charge in [0.1, 0.15) is 5.76 Å². The van der Waals surface area contributed by atoms with Gasteiger partial charge in [-0.25, -0.2) is 0 Å². The van der Waals surface area contributed by atoms with Crippen LogP contribution in [0.15, 0.2) is 64.6 Å². The Labute approximate surface area is 171 Å². The van der Waals surface area contributed by atoms with Crippen LogP contribution in [0.1, 0.15) is 30.0 Å². The van der Waals surface area contributed by atoms with Crippen LogP contribution in [0.4, 0.5) is 0 Å². The zero-order valence-corrected chi connectivity index (χ0v) is 16.8. The summed E-state index contributed by atoms with van der Waals surface area (Å²) < 4.78 is 6.59. The summed E-state index contributed by atoms with van der Waals surface area (Å²) in [5.74, 6) is -1.41. The summed E-state index contributed by atoms with van der Waals surface area (Å²) in [6, 6.07) is 15.7. The summed E-state index contributed by atoms with van der Waals surface area (Å²) in [6.07, 6.45) is 1.71. The van der Waals surface area contributed by atoms with E-state index < -0.39 is 17.7 Å². The van der Waals surface area contributed by atoms with Crippen molar-refractivity contribution in [2.24, 2.45) is 0 Å². The molecule has 0 bridgehead atoms. The first-order valence-corrected chi connectivity index (χ1v) is 10.1. The number of amides is 1. The minimum absolute atomic E-state index is 0.0899. The van der Waals surface area contributed by atoms with E-state index >= 15 is 0 Å². The van der Waals surface area contributed by atoms with E-state index in [0.717, 1.165) is 22.9 Å². The number of carbonyl (C=O) groups excluding carboxylic acids is 2. The molecule has 2 saturated heterocycles. The second kappa shape index (κ2) is 7.89. The highest BCUT2D eigenvalue weighted by Gasteiger charge is 2.46. The molecule has 2 aliphatic rings. The molecule has 2 heterocycles. The first kappa shape index (κ1) is 18.9. The molecule has 2 aromatic rings. The molecule has 0 aliphatic carbocycles. The highest BCUT2D eigenvalue weighted by molar-refractivity contribution is 9.10. The number of Topliss-reactive ketones (excluding diaryl/α,β-unsaturated/α-hetero) is 1. The maximum Gasteiger partial charge on any atom is 0.295 e. The van der Waals surface area contributed by atoms with Crippen LogP contribution in [0.3, 0.4) is 0 Å². The van der Waals surface area contributed by atoms with E-state index in [1.54, 1.807) is 24.3 Å². The molecule has 2 fully saturated rings. The number of benzene rings is 2. The molecule has 0 radical (unpaired) electrons. The Kier molecular flexibility index (Phi) is 5.33. The lowest BCUT2D eigenvalue weighted by Gasteiger charge is -2.27. The predicted octanol–water partition coefficient (Wildman–Crippen LogP) is 4.05. The molecule has 4 rings (SSSR count). The van der Waals surface area contributed by atoms with Crippen LogP contribution in [0.25, 0.3) is 5.76 Å². The standard InChI is InChI=1S/C22H20BrNO4/c23-16-10-8-14(9-11-16)19-18(20(25)15-5-2-1-3-6-15)21(26)22(27)24(19)13-17-7-4-12-28-17/h1-3,5-6,8-11,17,19,25H,4,7,12-13H2/b20-18+/t17-,19+/m0/s1. The average molecular weight is 442 g/mol. The SMILES string of the molecule is O=C1C(=O)N(C[C@@H]2CCCO2)[C@H](c2ccc(Br)cc2)/C1=C(\O)c1ccccc1. The summed E-state index contributed by atoms with van der Waals surface area (Å²) in [6.45, 7) is 0.998. The molecule has 0 spiro atoms. The third kappa shape index (κ3) is 3.50. The number of hydrogen-bond acceptors (Lipinski definition) is 4. The molecule has 0 saturated carbocycles. The number of ether oxygens (including phenoxy) is 1. The van der Waals surface area contributed by atoms with Gasteiger partial charge in [0.2, 0.25) is 0 Å². The zero-order chi connectivity index (χ0) is 19.7. The van der Waals surface area contributed by atoms with Crippen molar-refractivity contribution in [2.45, 2.75) is 25.0 Å². The molecule has 1 amide bonds. The summed E-state index contributed by atoms with van der Waals surface area (Å²) >= 11 is 3.42. The quantitative estimate of drug-likeness (QED) is 0.441. The zero-order valence-electron chi connectivity index (χ0n) is 15.2. The van der Waals surface area contributed by atoms with Gasteiger partial charge in [-0.3, -0.25) is 9.59 Å². The van der Waals surface area contributed by atoms with E-state index in [0.29, 0.717) is 18.7 Å². The molecule has 1 N–H and O–H groups in total. The third-order valence-corrected chi connectivity index (χ3v) is 5.73. The Balaban J connectivity index is 1.81. The van der Waals surface area contributed by atoms with E-state index in [-0.39, 0.29) is 17.4 Å². The van der Waals surface area contributed by atoms with Gasteiger partial charge in [-0.15, -0.1) is 0 Å². The fourth-order valence-corrected chi connectivity index (χ4v) is 4.08. The number of aliphatic hydroxyl groups excluding tert-OH is 1. The van der Waals surface area contributed by atoms with Gasteiger partial charge < -0.3 is 14.7 Å². The first-order valence-electron chi connectivity index (χ1n) is 9.27. The van der Waals surface area contributed by atoms with E-state index in [1.165, 1.54) is 4.90 Å². The van der Waals surface area contributed by atoms with Gasteiger partial charge in [0.05, 0.1) is 17.7 Å². The van der Waals surface area contributed by atoms with Crippen LogP contribution in [-0.2, 0) is 14.3 Å². The fourth-order valence-electron chi connectivity index (χ4n) is 3.82. The van der Waals surface area contributed by atoms with Crippen molar-refractivity contribution < 1.29 is 19.4 Å². The predicted molar refractivity (Wildman–Crippen MR) is 109 cm³/mol. The van der Waals surface area contributed by atoms with Gasteiger partial charge in [0.25, 0.3) is 11.7 Å². The summed E-state index contributed by atoms with van der Waals surface area (Å²) in [7, 11) is 0. The van der Waals surface area contributed by atoms with E-state index in [1.807, 2.05) is 30.3 Å². The molecule has 144 valence electrons. The molecular weight excluding hydrogens is 422 g/mol. The van der Waals surface area contributed by atoms with E-state index in [2.05, 4.69) is 15.9 Å². The number of carbonyl (C=O) groups is 2. The smallest absolute Gasteiger partial charge is 0.295 e. The van der Waals surface area contributed by atoms with Crippen molar-refractivity contribution in [3.05, 3.63) is 75.8 Å². The van der Waals surface area contributed by atoms with Crippen molar-refractivity contribution in [3.63, 3.8) is 0 Å². The Morgan fingerprint density at radius 1 is 1.11 bits per heavy atom. The van der Waals surface area contributed by atoms with Crippen molar-refractivity contribution in [3.8, 4) is 0 Å². The number of hydrogen-bond donors (Lipinski definition) is 1. The van der Waals surface area contributed by atoms with Crippen LogP contribution in [0.2, 0.25) is 0 Å². The Morgan fingerprint density at radius 3 is 2.46 bits per heavy atom. The molecular formula is C22H20BrNO4. The highest BCUT2D eigenvalue weighted by Crippen LogP contribution is 2.40. The van der Waals surface area contributed by atoms with Gasteiger partial charge >= 0.3 is 0 Å². The second-order valence-electron chi connectivity index (χ2n) is 7.00. The summed E-state index contributed by atoms with van der Waals surface area (Å²) in [5.41, 5.74) is 1.41.